The maximum atomic E-state index is 13.0. The fourth-order valence-corrected chi connectivity index (χ4v) is 3.89. The van der Waals surface area contributed by atoms with Crippen molar-refractivity contribution < 1.29 is 24.2 Å². The number of carbonyl (C=O) groups is 2. The van der Waals surface area contributed by atoms with Crippen LogP contribution in [0, 0.1) is 5.92 Å². The zero-order valence-corrected chi connectivity index (χ0v) is 19.5. The van der Waals surface area contributed by atoms with Crippen molar-refractivity contribution in [2.75, 3.05) is 20.3 Å². The molecule has 3 rings (SSSR count). The van der Waals surface area contributed by atoms with Gasteiger partial charge in [-0.05, 0) is 48.2 Å². The minimum atomic E-state index is -0.723. The summed E-state index contributed by atoms with van der Waals surface area (Å²) in [5, 5.41) is 11.5. The van der Waals surface area contributed by atoms with Crippen molar-refractivity contribution in [3.05, 3.63) is 64.2 Å². The Morgan fingerprint density at radius 3 is 2.59 bits per heavy atom. The molecule has 1 aliphatic heterocycles. The van der Waals surface area contributed by atoms with Crippen LogP contribution in [0.4, 0.5) is 0 Å². The molecule has 0 saturated carbocycles. The van der Waals surface area contributed by atoms with Crippen LogP contribution < -0.4 is 9.47 Å². The van der Waals surface area contributed by atoms with Gasteiger partial charge in [-0.25, -0.2) is 0 Å². The van der Waals surface area contributed by atoms with Gasteiger partial charge in [-0.1, -0.05) is 44.5 Å². The monoisotopic (exact) mass is 457 g/mol. The number of Topliss-reactive ketones (excluding diaryl/α,β-unsaturated/α-hetero) is 1. The molecule has 0 bridgehead atoms. The maximum absolute atomic E-state index is 13.0. The van der Waals surface area contributed by atoms with E-state index in [4.69, 9.17) is 21.1 Å². The van der Waals surface area contributed by atoms with Crippen LogP contribution >= 0.6 is 11.6 Å². The number of likely N-dealkylation sites (tertiary alicyclic amines) is 1. The van der Waals surface area contributed by atoms with Crippen molar-refractivity contribution >= 4 is 29.1 Å². The highest BCUT2D eigenvalue weighted by Gasteiger charge is 2.45. The van der Waals surface area contributed by atoms with Gasteiger partial charge in [-0.15, -0.1) is 0 Å². The van der Waals surface area contributed by atoms with Crippen LogP contribution in [-0.4, -0.2) is 42.0 Å². The van der Waals surface area contributed by atoms with Gasteiger partial charge in [0.25, 0.3) is 11.7 Å². The average molecular weight is 458 g/mol. The van der Waals surface area contributed by atoms with Gasteiger partial charge in [-0.2, -0.15) is 0 Å². The molecule has 2 aromatic rings. The number of halogens is 1. The molecule has 0 aromatic heterocycles. The van der Waals surface area contributed by atoms with Crippen LogP contribution in [0.5, 0.6) is 11.5 Å². The van der Waals surface area contributed by atoms with Gasteiger partial charge < -0.3 is 19.5 Å². The maximum Gasteiger partial charge on any atom is 0.295 e. The highest BCUT2D eigenvalue weighted by atomic mass is 35.5. The number of hydrogen-bond acceptors (Lipinski definition) is 5. The van der Waals surface area contributed by atoms with E-state index in [9.17, 15) is 14.7 Å². The van der Waals surface area contributed by atoms with Gasteiger partial charge in [0.2, 0.25) is 0 Å². The number of methoxy groups -OCH3 is 1. The molecule has 1 unspecified atom stereocenters. The quantitative estimate of drug-likeness (QED) is 0.334. The number of hydrogen-bond donors (Lipinski definition) is 1. The molecule has 6 nitrogen and oxygen atoms in total. The molecule has 1 atom stereocenters. The molecule has 7 heteroatoms. The van der Waals surface area contributed by atoms with Crippen LogP contribution in [0.1, 0.15) is 44.4 Å². The second-order valence-electron chi connectivity index (χ2n) is 8.12. The lowest BCUT2D eigenvalue weighted by atomic mass is 9.95. The Morgan fingerprint density at radius 1 is 1.19 bits per heavy atom. The number of benzene rings is 2. The van der Waals surface area contributed by atoms with Crippen LogP contribution in [0.15, 0.2) is 48.0 Å². The van der Waals surface area contributed by atoms with E-state index in [1.165, 1.54) is 12.0 Å². The fourth-order valence-electron chi connectivity index (χ4n) is 3.70. The van der Waals surface area contributed by atoms with Crippen LogP contribution in [0.25, 0.3) is 5.76 Å². The van der Waals surface area contributed by atoms with Crippen molar-refractivity contribution in [1.82, 2.24) is 4.90 Å². The highest BCUT2D eigenvalue weighted by Crippen LogP contribution is 2.41. The largest absolute Gasteiger partial charge is 0.507 e. The minimum Gasteiger partial charge on any atom is -0.507 e. The van der Waals surface area contributed by atoms with E-state index in [1.807, 2.05) is 31.2 Å². The first-order chi connectivity index (χ1) is 15.3. The minimum absolute atomic E-state index is 0.0360. The lowest BCUT2D eigenvalue weighted by Gasteiger charge is -2.25. The van der Waals surface area contributed by atoms with E-state index < -0.39 is 17.7 Å². The number of carbonyl (C=O) groups excluding carboxylic acids is 2. The van der Waals surface area contributed by atoms with Crippen molar-refractivity contribution in [3.63, 3.8) is 0 Å². The smallest absolute Gasteiger partial charge is 0.295 e. The van der Waals surface area contributed by atoms with E-state index in [0.29, 0.717) is 53.1 Å². The van der Waals surface area contributed by atoms with Crippen molar-refractivity contribution in [2.24, 2.45) is 5.92 Å². The summed E-state index contributed by atoms with van der Waals surface area (Å²) in [4.78, 5) is 27.4. The van der Waals surface area contributed by atoms with Crippen LogP contribution in [0.3, 0.4) is 0 Å². The summed E-state index contributed by atoms with van der Waals surface area (Å²) in [7, 11) is 1.47. The molecular weight excluding hydrogens is 430 g/mol. The first kappa shape index (κ1) is 23.7. The number of rotatable bonds is 8. The van der Waals surface area contributed by atoms with Crippen molar-refractivity contribution in [2.45, 2.75) is 33.2 Å². The number of aliphatic hydroxyl groups excluding tert-OH is 1. The molecule has 1 N–H and O–H groups in total. The molecule has 170 valence electrons. The molecular formula is C25H28ClNO5. The zero-order chi connectivity index (χ0) is 23.4. The summed E-state index contributed by atoms with van der Waals surface area (Å²) >= 11 is 6.10. The number of amides is 1. The predicted molar refractivity (Wildman–Crippen MR) is 124 cm³/mol. The number of nitrogens with zero attached hydrogens (tertiary/aromatic N) is 1. The van der Waals surface area contributed by atoms with Gasteiger partial charge in [0.1, 0.15) is 17.3 Å². The second-order valence-corrected chi connectivity index (χ2v) is 8.53. The Morgan fingerprint density at radius 2 is 1.94 bits per heavy atom. The van der Waals surface area contributed by atoms with Gasteiger partial charge >= 0.3 is 0 Å². The zero-order valence-electron chi connectivity index (χ0n) is 18.7. The summed E-state index contributed by atoms with van der Waals surface area (Å²) in [6.45, 7) is 6.97. The Hall–Kier alpha value is -2.99. The Bertz CT molecular complexity index is 1050. The van der Waals surface area contributed by atoms with E-state index >= 15 is 0 Å². The SMILES string of the molecule is CCCN1C(=O)C(=O)/C(=C(\O)c2ccc(Cl)c(OC)c2)C1c1cccc(OCC(C)C)c1. The second kappa shape index (κ2) is 10.1. The van der Waals surface area contributed by atoms with E-state index in [2.05, 4.69) is 13.8 Å². The van der Waals surface area contributed by atoms with Crippen LogP contribution in [0.2, 0.25) is 5.02 Å². The molecule has 1 saturated heterocycles. The molecule has 2 aromatic carbocycles. The number of ketones is 1. The molecule has 0 radical (unpaired) electrons. The summed E-state index contributed by atoms with van der Waals surface area (Å²) in [5.41, 5.74) is 1.08. The first-order valence-electron chi connectivity index (χ1n) is 10.6. The highest BCUT2D eigenvalue weighted by molar-refractivity contribution is 6.46. The number of aliphatic hydroxyl groups is 1. The topological polar surface area (TPSA) is 76.1 Å². The Balaban J connectivity index is 2.13. The third-order valence-corrected chi connectivity index (χ3v) is 5.50. The Labute approximate surface area is 193 Å². The molecule has 1 heterocycles. The van der Waals surface area contributed by atoms with Crippen molar-refractivity contribution in [1.29, 1.82) is 0 Å². The third-order valence-electron chi connectivity index (χ3n) is 5.19. The lowest BCUT2D eigenvalue weighted by molar-refractivity contribution is -0.139. The third kappa shape index (κ3) is 4.75. The Kier molecular flexibility index (Phi) is 7.46. The fraction of sp³-hybridized carbons (Fsp3) is 0.360. The van der Waals surface area contributed by atoms with Gasteiger partial charge in [0, 0.05) is 12.1 Å². The standard InChI is InChI=1S/C25H28ClNO5/c1-5-11-27-22(16-7-6-8-18(12-16)32-14-15(2)3)21(24(29)25(27)30)23(28)17-9-10-19(26)20(13-17)31-4/h6-10,12-13,15,22,28H,5,11,14H2,1-4H3/b23-21-. The van der Waals surface area contributed by atoms with Crippen molar-refractivity contribution in [3.8, 4) is 11.5 Å². The molecule has 32 heavy (non-hydrogen) atoms. The molecule has 1 amide bonds. The van der Waals surface area contributed by atoms with E-state index in [1.54, 1.807) is 18.2 Å². The molecule has 0 aliphatic carbocycles. The lowest BCUT2D eigenvalue weighted by Crippen LogP contribution is -2.30. The average Bonchev–Trinajstić information content (AvgIpc) is 3.03. The summed E-state index contributed by atoms with van der Waals surface area (Å²) < 4.78 is 11.1. The van der Waals surface area contributed by atoms with Gasteiger partial charge in [-0.3, -0.25) is 9.59 Å². The van der Waals surface area contributed by atoms with Gasteiger partial charge in [0.15, 0.2) is 0 Å². The van der Waals surface area contributed by atoms with E-state index in [0.717, 1.165) is 0 Å². The molecule has 1 fully saturated rings. The van der Waals surface area contributed by atoms with E-state index in [-0.39, 0.29) is 11.3 Å². The summed E-state index contributed by atoms with van der Waals surface area (Å²) in [5.74, 6) is -0.263. The van der Waals surface area contributed by atoms with Crippen LogP contribution in [-0.2, 0) is 9.59 Å². The molecule has 1 aliphatic rings. The summed E-state index contributed by atoms with van der Waals surface area (Å²) in [6, 6.07) is 11.3. The molecule has 0 spiro atoms. The normalized spacial score (nSPS) is 17.8. The number of ether oxygens (including phenoxy) is 2. The first-order valence-corrected chi connectivity index (χ1v) is 11.0. The summed E-state index contributed by atoms with van der Waals surface area (Å²) in [6.07, 6.45) is 0.669. The predicted octanol–water partition coefficient (Wildman–Crippen LogP) is 5.22. The van der Waals surface area contributed by atoms with Gasteiger partial charge in [0.05, 0.1) is 30.4 Å².